The first-order valence-electron chi connectivity index (χ1n) is 6.69. The van der Waals surface area contributed by atoms with Crippen molar-refractivity contribution in [1.82, 2.24) is 25.5 Å². The Bertz CT molecular complexity index is 720. The fourth-order valence-corrected chi connectivity index (χ4v) is 3.00. The van der Waals surface area contributed by atoms with Crippen LogP contribution < -0.4 is 11.1 Å². The lowest BCUT2D eigenvalue weighted by atomic mass is 10.1. The number of imide groups is 1. The number of aromatic nitrogens is 4. The molecule has 1 unspecified atom stereocenters. The molecule has 0 fully saturated rings. The smallest absolute Gasteiger partial charge is 0.318 e. The van der Waals surface area contributed by atoms with Gasteiger partial charge in [0.1, 0.15) is 0 Å². The van der Waals surface area contributed by atoms with E-state index < -0.39 is 17.2 Å². The maximum Gasteiger partial charge on any atom is 0.318 e. The molecule has 1 atom stereocenters. The predicted molar refractivity (Wildman–Crippen MR) is 86.4 cm³/mol. The Hall–Kier alpha value is -2.13. The lowest BCUT2D eigenvalue weighted by Gasteiger charge is -2.18. The molecular weight excluding hydrogens is 340 g/mol. The molecule has 0 bridgehead atoms. The fourth-order valence-electron chi connectivity index (χ4n) is 1.82. The third-order valence-electron chi connectivity index (χ3n) is 2.84. The van der Waals surface area contributed by atoms with Crippen molar-refractivity contribution in [2.24, 2.45) is 11.7 Å². The van der Waals surface area contributed by atoms with Gasteiger partial charge in [-0.3, -0.25) is 10.1 Å². The van der Waals surface area contributed by atoms with Crippen LogP contribution in [-0.2, 0) is 4.79 Å². The van der Waals surface area contributed by atoms with Crippen LogP contribution in [-0.4, -0.2) is 37.4 Å². The summed E-state index contributed by atoms with van der Waals surface area (Å²) in [5, 5.41) is 13.9. The van der Waals surface area contributed by atoms with E-state index in [-0.39, 0.29) is 5.92 Å². The van der Waals surface area contributed by atoms with Crippen LogP contribution in [0.3, 0.4) is 0 Å². The topological polar surface area (TPSA) is 116 Å². The monoisotopic (exact) mass is 354 g/mol. The lowest BCUT2D eigenvalue weighted by Crippen LogP contribution is -2.42. The normalized spacial score (nSPS) is 12.2. The molecule has 8 nitrogen and oxygen atoms in total. The Balaban J connectivity index is 2.27. The Kier molecular flexibility index (Phi) is 5.56. The van der Waals surface area contributed by atoms with Crippen LogP contribution in [0.15, 0.2) is 29.4 Å². The molecule has 23 heavy (non-hydrogen) atoms. The van der Waals surface area contributed by atoms with E-state index in [2.05, 4.69) is 20.8 Å². The fraction of sp³-hybridized carbons (Fsp3) is 0.308. The number of tetrazole rings is 1. The highest BCUT2D eigenvalue weighted by molar-refractivity contribution is 8.00. The zero-order chi connectivity index (χ0) is 17.0. The summed E-state index contributed by atoms with van der Waals surface area (Å²) in [6, 6.07) is 6.11. The van der Waals surface area contributed by atoms with Crippen molar-refractivity contribution < 1.29 is 9.59 Å². The number of nitrogens with one attached hydrogen (secondary N) is 1. The minimum absolute atomic E-state index is 0.0659. The summed E-state index contributed by atoms with van der Waals surface area (Å²) in [7, 11) is 0. The highest BCUT2D eigenvalue weighted by Gasteiger charge is 2.27. The Morgan fingerprint density at radius 1 is 1.39 bits per heavy atom. The number of thioether (sulfide) groups is 1. The number of hydrogen-bond donors (Lipinski definition) is 2. The number of halogens is 1. The van der Waals surface area contributed by atoms with Gasteiger partial charge < -0.3 is 5.73 Å². The molecule has 0 saturated carbocycles. The third kappa shape index (κ3) is 4.42. The van der Waals surface area contributed by atoms with Crippen LogP contribution in [0.25, 0.3) is 5.69 Å². The Morgan fingerprint density at radius 2 is 2.13 bits per heavy atom. The first-order chi connectivity index (χ1) is 10.9. The number of amides is 3. The van der Waals surface area contributed by atoms with Gasteiger partial charge in [0.05, 0.1) is 10.9 Å². The van der Waals surface area contributed by atoms with E-state index in [4.69, 9.17) is 17.3 Å². The molecule has 10 heteroatoms. The molecule has 3 N–H and O–H groups in total. The van der Waals surface area contributed by atoms with Crippen molar-refractivity contribution in [3.8, 4) is 5.69 Å². The molecule has 2 aromatic rings. The summed E-state index contributed by atoms with van der Waals surface area (Å²) in [6.07, 6.45) is 0. The zero-order valence-corrected chi connectivity index (χ0v) is 14.0. The maximum absolute atomic E-state index is 12.1. The van der Waals surface area contributed by atoms with Crippen LogP contribution in [0.5, 0.6) is 0 Å². The van der Waals surface area contributed by atoms with Gasteiger partial charge in [0.2, 0.25) is 11.1 Å². The van der Waals surface area contributed by atoms with Crippen molar-refractivity contribution in [2.75, 3.05) is 0 Å². The van der Waals surface area contributed by atoms with E-state index in [0.29, 0.717) is 15.9 Å². The highest BCUT2D eigenvalue weighted by Crippen LogP contribution is 2.28. The summed E-state index contributed by atoms with van der Waals surface area (Å²) in [5.74, 6) is -0.554. The van der Waals surface area contributed by atoms with Crippen LogP contribution in [0.4, 0.5) is 4.79 Å². The largest absolute Gasteiger partial charge is 0.351 e. The summed E-state index contributed by atoms with van der Waals surface area (Å²) in [5.41, 5.74) is 5.67. The molecule has 0 aliphatic carbocycles. The molecule has 1 aromatic heterocycles. The molecule has 0 aliphatic rings. The van der Waals surface area contributed by atoms with Crippen molar-refractivity contribution in [3.63, 3.8) is 0 Å². The van der Waals surface area contributed by atoms with Gasteiger partial charge in [0, 0.05) is 5.02 Å². The number of carbonyl (C=O) groups excluding carboxylic acids is 2. The molecule has 1 aromatic carbocycles. The summed E-state index contributed by atoms with van der Waals surface area (Å²) in [4.78, 5) is 23.0. The van der Waals surface area contributed by atoms with E-state index in [0.717, 1.165) is 11.8 Å². The number of primary amides is 1. The quantitative estimate of drug-likeness (QED) is 0.788. The molecule has 0 radical (unpaired) electrons. The average molecular weight is 355 g/mol. The second-order valence-corrected chi connectivity index (χ2v) is 6.53. The molecule has 2 rings (SSSR count). The summed E-state index contributed by atoms with van der Waals surface area (Å²) < 4.78 is 1.48. The molecule has 122 valence electrons. The van der Waals surface area contributed by atoms with E-state index in [1.54, 1.807) is 24.3 Å². The lowest BCUT2D eigenvalue weighted by molar-refractivity contribution is -0.120. The Labute approximate surface area is 141 Å². The van der Waals surface area contributed by atoms with Gasteiger partial charge in [0.15, 0.2) is 0 Å². The van der Waals surface area contributed by atoms with Crippen LogP contribution in [0.1, 0.15) is 13.8 Å². The van der Waals surface area contributed by atoms with Gasteiger partial charge in [-0.2, -0.15) is 4.68 Å². The molecule has 1 heterocycles. The standard InChI is InChI=1S/C13H15ClN6O2S/c1-7(2)10(11(21)16-12(15)22)23-13-17-18-19-20(13)9-5-3-4-8(14)6-9/h3-7,10H,1-2H3,(H3,15,16,21,22). The number of rotatable bonds is 5. The maximum atomic E-state index is 12.1. The Morgan fingerprint density at radius 3 is 2.74 bits per heavy atom. The second-order valence-electron chi connectivity index (χ2n) is 4.99. The first kappa shape index (κ1) is 17.2. The number of hydrogen-bond acceptors (Lipinski definition) is 6. The summed E-state index contributed by atoms with van der Waals surface area (Å²) in [6.45, 7) is 3.71. The van der Waals surface area contributed by atoms with Crippen LogP contribution >= 0.6 is 23.4 Å². The predicted octanol–water partition coefficient (Wildman–Crippen LogP) is 1.63. The zero-order valence-electron chi connectivity index (χ0n) is 12.4. The van der Waals surface area contributed by atoms with Gasteiger partial charge in [-0.25, -0.2) is 4.79 Å². The van der Waals surface area contributed by atoms with Gasteiger partial charge in [-0.1, -0.05) is 43.3 Å². The molecular formula is C13H15ClN6O2S. The van der Waals surface area contributed by atoms with Crippen molar-refractivity contribution in [2.45, 2.75) is 24.3 Å². The number of urea groups is 1. The van der Waals surface area contributed by atoms with E-state index in [1.807, 2.05) is 13.8 Å². The summed E-state index contributed by atoms with van der Waals surface area (Å²) >= 11 is 7.12. The molecule has 0 spiro atoms. The highest BCUT2D eigenvalue weighted by atomic mass is 35.5. The number of nitrogens with two attached hydrogens (primary N) is 1. The van der Waals surface area contributed by atoms with E-state index in [1.165, 1.54) is 4.68 Å². The third-order valence-corrected chi connectivity index (χ3v) is 4.55. The average Bonchev–Trinajstić information content (AvgIpc) is 2.91. The second kappa shape index (κ2) is 7.42. The molecule has 0 aliphatic heterocycles. The molecule has 0 saturated heterocycles. The van der Waals surface area contributed by atoms with Gasteiger partial charge >= 0.3 is 6.03 Å². The SMILES string of the molecule is CC(C)C(Sc1nnnn1-c1cccc(Cl)c1)C(=O)NC(N)=O. The van der Waals surface area contributed by atoms with Crippen LogP contribution in [0, 0.1) is 5.92 Å². The van der Waals surface area contributed by atoms with E-state index in [9.17, 15) is 9.59 Å². The van der Waals surface area contributed by atoms with Gasteiger partial charge in [-0.05, 0) is 34.5 Å². The minimum Gasteiger partial charge on any atom is -0.351 e. The van der Waals surface area contributed by atoms with E-state index >= 15 is 0 Å². The molecule has 3 amide bonds. The van der Waals surface area contributed by atoms with Crippen molar-refractivity contribution >= 4 is 35.3 Å². The number of nitrogens with zero attached hydrogens (tertiary/aromatic N) is 4. The first-order valence-corrected chi connectivity index (χ1v) is 7.95. The number of carbonyl (C=O) groups is 2. The van der Waals surface area contributed by atoms with Gasteiger partial charge in [0.25, 0.3) is 0 Å². The van der Waals surface area contributed by atoms with Crippen LogP contribution in [0.2, 0.25) is 5.02 Å². The van der Waals surface area contributed by atoms with Crippen molar-refractivity contribution in [1.29, 1.82) is 0 Å². The number of benzene rings is 1. The van der Waals surface area contributed by atoms with Crippen molar-refractivity contribution in [3.05, 3.63) is 29.3 Å². The van der Waals surface area contributed by atoms with Gasteiger partial charge in [-0.15, -0.1) is 5.10 Å². The minimum atomic E-state index is -0.893.